The minimum atomic E-state index is 0. The summed E-state index contributed by atoms with van der Waals surface area (Å²) in [5.41, 5.74) is 9.93. The van der Waals surface area contributed by atoms with E-state index in [4.69, 9.17) is 9.97 Å². The quantitative estimate of drug-likeness (QED) is 0.194. The molecule has 0 aliphatic carbocycles. The SMILES string of the molecule is C[N-]c1ccccc1-c1cc(C)c2ccc3c(C)cc(-c4ccccc4[N-]C)nc3c2n1.[Pt+2]. The molecule has 0 spiro atoms. The number of benzene rings is 3. The number of hydrogen-bond donors (Lipinski definition) is 0. The van der Waals surface area contributed by atoms with Crippen LogP contribution >= 0.6 is 0 Å². The van der Waals surface area contributed by atoms with Crippen molar-refractivity contribution in [3.05, 3.63) is 94.6 Å². The number of aromatic nitrogens is 2. The predicted molar refractivity (Wildman–Crippen MR) is 135 cm³/mol. The van der Waals surface area contributed by atoms with E-state index in [9.17, 15) is 0 Å². The number of hydrogen-bond acceptors (Lipinski definition) is 2. The van der Waals surface area contributed by atoms with Gasteiger partial charge in [-0.05, 0) is 48.2 Å². The monoisotopic (exact) mass is 611 g/mol. The van der Waals surface area contributed by atoms with Crippen molar-refractivity contribution in [3.63, 3.8) is 0 Å². The molecule has 5 heteroatoms. The van der Waals surface area contributed by atoms with Gasteiger partial charge in [0.05, 0.1) is 22.4 Å². The van der Waals surface area contributed by atoms with Gasteiger partial charge >= 0.3 is 21.1 Å². The second-order valence-corrected chi connectivity index (χ2v) is 7.99. The maximum absolute atomic E-state index is 5.12. The van der Waals surface area contributed by atoms with E-state index in [2.05, 4.69) is 60.9 Å². The van der Waals surface area contributed by atoms with Gasteiger partial charge in [-0.1, -0.05) is 60.7 Å². The first kappa shape index (κ1) is 22.9. The van der Waals surface area contributed by atoms with E-state index in [1.807, 2.05) is 50.5 Å². The molecule has 166 valence electrons. The zero-order valence-corrected chi connectivity index (χ0v) is 21.3. The topological polar surface area (TPSA) is 54.0 Å². The third-order valence-electron chi connectivity index (χ3n) is 6.01. The molecule has 33 heavy (non-hydrogen) atoms. The van der Waals surface area contributed by atoms with E-state index in [-0.39, 0.29) is 21.1 Å². The van der Waals surface area contributed by atoms with E-state index in [0.29, 0.717) is 0 Å². The van der Waals surface area contributed by atoms with Gasteiger partial charge in [-0.25, -0.2) is 9.97 Å². The van der Waals surface area contributed by atoms with Gasteiger partial charge in [0.15, 0.2) is 0 Å². The van der Waals surface area contributed by atoms with Crippen LogP contribution in [0, 0.1) is 13.8 Å². The molecule has 0 atom stereocenters. The summed E-state index contributed by atoms with van der Waals surface area (Å²) in [5.74, 6) is 0. The summed E-state index contributed by atoms with van der Waals surface area (Å²) >= 11 is 0. The van der Waals surface area contributed by atoms with E-state index < -0.39 is 0 Å². The van der Waals surface area contributed by atoms with Crippen molar-refractivity contribution in [2.75, 3.05) is 14.1 Å². The molecule has 0 N–H and O–H groups in total. The van der Waals surface area contributed by atoms with Crippen LogP contribution in [0.4, 0.5) is 11.4 Å². The fourth-order valence-electron chi connectivity index (χ4n) is 4.36. The predicted octanol–water partition coefficient (Wildman–Crippen LogP) is 8.00. The first-order valence-corrected chi connectivity index (χ1v) is 10.7. The largest absolute Gasteiger partial charge is 2.00 e. The third-order valence-corrected chi connectivity index (χ3v) is 6.01. The molecule has 0 radical (unpaired) electrons. The zero-order chi connectivity index (χ0) is 22.2. The molecule has 2 heterocycles. The van der Waals surface area contributed by atoms with Crippen LogP contribution in [0.3, 0.4) is 0 Å². The van der Waals surface area contributed by atoms with Crippen molar-refractivity contribution >= 4 is 33.2 Å². The van der Waals surface area contributed by atoms with Crippen molar-refractivity contribution in [1.82, 2.24) is 9.97 Å². The first-order valence-electron chi connectivity index (χ1n) is 10.7. The van der Waals surface area contributed by atoms with E-state index in [0.717, 1.165) is 55.7 Å². The van der Waals surface area contributed by atoms with Crippen LogP contribution in [-0.4, -0.2) is 24.1 Å². The molecular formula is C28H24N4Pt. The second-order valence-electron chi connectivity index (χ2n) is 7.99. The Hall–Kier alpha value is -3.23. The molecule has 2 aromatic heterocycles. The van der Waals surface area contributed by atoms with E-state index in [1.54, 1.807) is 0 Å². The van der Waals surface area contributed by atoms with Gasteiger partial charge < -0.3 is 10.6 Å². The minimum absolute atomic E-state index is 0. The van der Waals surface area contributed by atoms with Gasteiger partial charge in [0, 0.05) is 10.8 Å². The Bertz CT molecular complexity index is 1360. The van der Waals surface area contributed by atoms with Crippen LogP contribution < -0.4 is 0 Å². The number of rotatable bonds is 4. The Morgan fingerprint density at radius 2 is 0.970 bits per heavy atom. The van der Waals surface area contributed by atoms with E-state index in [1.165, 1.54) is 11.1 Å². The molecule has 0 saturated heterocycles. The number of para-hydroxylation sites is 2. The fraction of sp³-hybridized carbons (Fsp3) is 0.143. The van der Waals surface area contributed by atoms with Crippen LogP contribution in [0.5, 0.6) is 0 Å². The van der Waals surface area contributed by atoms with Gasteiger partial charge in [-0.3, -0.25) is 0 Å². The Morgan fingerprint density at radius 3 is 1.36 bits per heavy atom. The summed E-state index contributed by atoms with van der Waals surface area (Å²) < 4.78 is 0. The van der Waals surface area contributed by atoms with Crippen LogP contribution in [0.15, 0.2) is 72.8 Å². The van der Waals surface area contributed by atoms with Crippen molar-refractivity contribution in [2.24, 2.45) is 0 Å². The van der Waals surface area contributed by atoms with Crippen molar-refractivity contribution in [1.29, 1.82) is 0 Å². The van der Waals surface area contributed by atoms with Gasteiger partial charge in [0.1, 0.15) is 0 Å². The van der Waals surface area contributed by atoms with Crippen LogP contribution in [0.2, 0.25) is 0 Å². The van der Waals surface area contributed by atoms with Gasteiger partial charge in [-0.2, -0.15) is 0 Å². The molecule has 0 unspecified atom stereocenters. The average Bonchev–Trinajstić information content (AvgIpc) is 2.83. The molecule has 0 amide bonds. The molecular weight excluding hydrogens is 587 g/mol. The molecule has 0 aliphatic heterocycles. The van der Waals surface area contributed by atoms with Crippen LogP contribution in [0.1, 0.15) is 11.1 Å². The summed E-state index contributed by atoms with van der Waals surface area (Å²) in [4.78, 5) is 10.2. The summed E-state index contributed by atoms with van der Waals surface area (Å²) in [5, 5.41) is 11.1. The Labute approximate surface area is 208 Å². The summed E-state index contributed by atoms with van der Waals surface area (Å²) in [7, 11) is 3.63. The van der Waals surface area contributed by atoms with E-state index >= 15 is 0 Å². The maximum atomic E-state index is 5.12. The normalized spacial score (nSPS) is 10.8. The van der Waals surface area contributed by atoms with Crippen LogP contribution in [-0.2, 0) is 21.1 Å². The minimum Gasteiger partial charge on any atom is -0.686 e. The zero-order valence-electron chi connectivity index (χ0n) is 19.0. The van der Waals surface area contributed by atoms with Gasteiger partial charge in [-0.15, -0.1) is 25.5 Å². The van der Waals surface area contributed by atoms with Gasteiger partial charge in [0.2, 0.25) is 0 Å². The molecule has 0 saturated carbocycles. The first-order chi connectivity index (χ1) is 15.6. The van der Waals surface area contributed by atoms with Crippen molar-refractivity contribution < 1.29 is 21.1 Å². The smallest absolute Gasteiger partial charge is 0.686 e. The van der Waals surface area contributed by atoms with Crippen molar-refractivity contribution in [3.8, 4) is 22.5 Å². The Balaban J connectivity index is 0.00000259. The van der Waals surface area contributed by atoms with Gasteiger partial charge in [0.25, 0.3) is 0 Å². The molecule has 4 nitrogen and oxygen atoms in total. The number of aryl methyl sites for hydroxylation is 2. The number of pyridine rings is 2. The Morgan fingerprint density at radius 1 is 0.576 bits per heavy atom. The maximum Gasteiger partial charge on any atom is 2.00 e. The standard InChI is InChI=1S/C28H24N4.Pt/c1-17-15-25(21-9-5-7-11-23(21)29-3)31-27-19(17)13-14-20-18(2)16-26(32-28(20)27)22-10-6-8-12-24(22)30-4;/h5-16H,1-4H3;/q-2;+2. The number of fused-ring (bicyclic) bond motifs is 3. The summed E-state index contributed by atoms with van der Waals surface area (Å²) in [6, 6.07) is 24.8. The molecule has 0 fully saturated rings. The van der Waals surface area contributed by atoms with Crippen LogP contribution in [0.25, 0.3) is 55.0 Å². The van der Waals surface area contributed by atoms with Crippen molar-refractivity contribution in [2.45, 2.75) is 13.8 Å². The average molecular weight is 612 g/mol. The molecule has 5 rings (SSSR count). The molecule has 0 bridgehead atoms. The molecule has 5 aromatic rings. The fourth-order valence-corrected chi connectivity index (χ4v) is 4.36. The Kier molecular flexibility index (Phi) is 6.48. The second kappa shape index (κ2) is 9.33. The third kappa shape index (κ3) is 4.00. The molecule has 3 aromatic carbocycles. The molecule has 0 aliphatic rings. The number of nitrogens with zero attached hydrogens (tertiary/aromatic N) is 4. The summed E-state index contributed by atoms with van der Waals surface area (Å²) in [6.07, 6.45) is 0. The summed E-state index contributed by atoms with van der Waals surface area (Å²) in [6.45, 7) is 4.26.